The number of nitrogens with zero attached hydrogens (tertiary/aromatic N) is 2. The number of aryl methyl sites for hydroxylation is 2. The first-order valence-corrected chi connectivity index (χ1v) is 7.95. The van der Waals surface area contributed by atoms with Gasteiger partial charge in [0.15, 0.2) is 0 Å². The summed E-state index contributed by atoms with van der Waals surface area (Å²) in [6, 6.07) is 0. The van der Waals surface area contributed by atoms with Crippen molar-refractivity contribution in [2.45, 2.75) is 47.1 Å². The molecule has 2 aromatic rings. The van der Waals surface area contributed by atoms with Crippen LogP contribution in [0, 0.1) is 20.8 Å². The van der Waals surface area contributed by atoms with Gasteiger partial charge in [0.05, 0.1) is 18.7 Å². The lowest BCUT2D eigenvalue weighted by Crippen LogP contribution is -2.33. The van der Waals surface area contributed by atoms with Gasteiger partial charge in [-0.15, -0.1) is 0 Å². The highest BCUT2D eigenvalue weighted by Gasteiger charge is 2.12. The number of H-pyrrole nitrogens is 2. The normalized spacial score (nSPS) is 10.8. The van der Waals surface area contributed by atoms with Crippen molar-refractivity contribution in [3.63, 3.8) is 0 Å². The molecule has 24 heavy (non-hydrogen) atoms. The molecule has 0 aliphatic rings. The molecule has 130 valence electrons. The first kappa shape index (κ1) is 17.7. The van der Waals surface area contributed by atoms with Gasteiger partial charge in [-0.05, 0) is 32.8 Å². The van der Waals surface area contributed by atoms with Gasteiger partial charge >= 0.3 is 5.69 Å². The van der Waals surface area contributed by atoms with E-state index in [-0.39, 0.29) is 17.9 Å². The van der Waals surface area contributed by atoms with E-state index in [0.29, 0.717) is 18.8 Å². The predicted molar refractivity (Wildman–Crippen MR) is 90.2 cm³/mol. The average molecular weight is 333 g/mol. The van der Waals surface area contributed by atoms with Crippen molar-refractivity contribution in [2.75, 3.05) is 6.54 Å². The fraction of sp³-hybridized carbons (Fsp3) is 0.500. The van der Waals surface area contributed by atoms with Gasteiger partial charge in [-0.25, -0.2) is 4.79 Å². The molecule has 0 aliphatic heterocycles. The van der Waals surface area contributed by atoms with Crippen LogP contribution in [0.2, 0.25) is 0 Å². The summed E-state index contributed by atoms with van der Waals surface area (Å²) in [5.41, 5.74) is 2.93. The van der Waals surface area contributed by atoms with E-state index in [1.54, 1.807) is 6.92 Å². The maximum Gasteiger partial charge on any atom is 0.325 e. The summed E-state index contributed by atoms with van der Waals surface area (Å²) in [6.07, 6.45) is 0.855. The minimum atomic E-state index is -0.571. The largest absolute Gasteiger partial charge is 0.354 e. The van der Waals surface area contributed by atoms with Crippen LogP contribution in [0.1, 0.15) is 35.1 Å². The molecular weight excluding hydrogens is 310 g/mol. The summed E-state index contributed by atoms with van der Waals surface area (Å²) in [4.78, 5) is 39.5. The topological polar surface area (TPSA) is 113 Å². The van der Waals surface area contributed by atoms with Crippen LogP contribution in [-0.4, -0.2) is 32.2 Å². The summed E-state index contributed by atoms with van der Waals surface area (Å²) in [7, 11) is 0. The zero-order valence-electron chi connectivity index (χ0n) is 14.4. The second-order valence-corrected chi connectivity index (χ2v) is 5.76. The van der Waals surface area contributed by atoms with E-state index in [9.17, 15) is 14.4 Å². The second kappa shape index (κ2) is 7.29. The monoisotopic (exact) mass is 333 g/mol. The lowest BCUT2D eigenvalue weighted by Gasteiger charge is -2.08. The molecule has 0 saturated heterocycles. The van der Waals surface area contributed by atoms with Gasteiger partial charge in [0.25, 0.3) is 5.56 Å². The standard InChI is InChI=1S/C16H23N5O3/c1-5-12-10(3)20-21(11(12)4)7-6-17-14(22)8-13-9(2)18-16(24)19-15(13)23/h5-8H2,1-4H3,(H,17,22)(H2,18,19,23,24). The molecule has 1 amide bonds. The minimum absolute atomic E-state index is 0.0741. The van der Waals surface area contributed by atoms with Crippen molar-refractivity contribution in [1.82, 2.24) is 25.1 Å². The third kappa shape index (κ3) is 3.81. The van der Waals surface area contributed by atoms with Crippen molar-refractivity contribution in [1.29, 1.82) is 0 Å². The van der Waals surface area contributed by atoms with E-state index in [1.165, 1.54) is 5.56 Å². The Balaban J connectivity index is 1.95. The molecule has 0 unspecified atom stereocenters. The van der Waals surface area contributed by atoms with Crippen molar-refractivity contribution in [2.24, 2.45) is 0 Å². The molecule has 0 saturated carbocycles. The van der Waals surface area contributed by atoms with Crippen LogP contribution in [0.3, 0.4) is 0 Å². The molecule has 0 aromatic carbocycles. The fourth-order valence-corrected chi connectivity index (χ4v) is 2.83. The van der Waals surface area contributed by atoms with Crippen LogP contribution in [0.4, 0.5) is 0 Å². The number of carbonyl (C=O) groups excluding carboxylic acids is 1. The second-order valence-electron chi connectivity index (χ2n) is 5.76. The Kier molecular flexibility index (Phi) is 5.38. The molecular formula is C16H23N5O3. The van der Waals surface area contributed by atoms with E-state index < -0.39 is 11.2 Å². The summed E-state index contributed by atoms with van der Waals surface area (Å²) >= 11 is 0. The zero-order chi connectivity index (χ0) is 17.9. The van der Waals surface area contributed by atoms with Crippen molar-refractivity contribution >= 4 is 5.91 Å². The van der Waals surface area contributed by atoms with Gasteiger partial charge in [-0.1, -0.05) is 6.92 Å². The Morgan fingerprint density at radius 1 is 1.17 bits per heavy atom. The molecule has 0 aliphatic carbocycles. The van der Waals surface area contributed by atoms with Gasteiger partial charge < -0.3 is 10.3 Å². The summed E-state index contributed by atoms with van der Waals surface area (Å²) in [6.45, 7) is 8.67. The number of nitrogens with one attached hydrogen (secondary N) is 3. The summed E-state index contributed by atoms with van der Waals surface area (Å²) < 4.78 is 1.88. The smallest absolute Gasteiger partial charge is 0.325 e. The molecule has 0 atom stereocenters. The van der Waals surface area contributed by atoms with Crippen molar-refractivity contribution < 1.29 is 4.79 Å². The number of hydrogen-bond donors (Lipinski definition) is 3. The van der Waals surface area contributed by atoms with Crippen LogP contribution < -0.4 is 16.6 Å². The highest BCUT2D eigenvalue weighted by molar-refractivity contribution is 5.78. The first-order chi connectivity index (χ1) is 11.3. The molecule has 2 aromatic heterocycles. The quantitative estimate of drug-likeness (QED) is 0.696. The predicted octanol–water partition coefficient (Wildman–Crippen LogP) is 0.106. The van der Waals surface area contributed by atoms with Crippen LogP contribution in [0.5, 0.6) is 0 Å². The molecule has 8 heteroatoms. The van der Waals surface area contributed by atoms with E-state index in [0.717, 1.165) is 17.8 Å². The van der Waals surface area contributed by atoms with Gasteiger partial charge in [0.2, 0.25) is 5.91 Å². The Morgan fingerprint density at radius 3 is 2.46 bits per heavy atom. The number of aromatic amines is 2. The number of rotatable bonds is 6. The number of amides is 1. The lowest BCUT2D eigenvalue weighted by atomic mass is 10.1. The molecule has 0 radical (unpaired) electrons. The van der Waals surface area contributed by atoms with Gasteiger partial charge in [-0.2, -0.15) is 5.10 Å². The van der Waals surface area contributed by atoms with E-state index in [4.69, 9.17) is 0 Å². The number of aromatic nitrogens is 4. The van der Waals surface area contributed by atoms with Crippen molar-refractivity contribution in [3.05, 3.63) is 49.0 Å². The molecule has 8 nitrogen and oxygen atoms in total. The Hall–Kier alpha value is -2.64. The highest BCUT2D eigenvalue weighted by atomic mass is 16.2. The third-order valence-electron chi connectivity index (χ3n) is 4.12. The molecule has 0 spiro atoms. The Morgan fingerprint density at radius 2 is 1.88 bits per heavy atom. The van der Waals surface area contributed by atoms with Crippen LogP contribution in [0.25, 0.3) is 0 Å². The van der Waals surface area contributed by atoms with E-state index in [2.05, 4.69) is 27.3 Å². The molecule has 0 fully saturated rings. The van der Waals surface area contributed by atoms with Gasteiger partial charge in [-0.3, -0.25) is 19.3 Å². The number of carbonyl (C=O) groups is 1. The van der Waals surface area contributed by atoms with E-state index in [1.807, 2.05) is 18.5 Å². The fourth-order valence-electron chi connectivity index (χ4n) is 2.83. The maximum atomic E-state index is 12.0. The Bertz CT molecular complexity index is 860. The van der Waals surface area contributed by atoms with Gasteiger partial charge in [0, 0.05) is 23.5 Å². The average Bonchev–Trinajstić information content (AvgIpc) is 2.77. The van der Waals surface area contributed by atoms with Crippen LogP contribution >= 0.6 is 0 Å². The Labute approximate surface area is 139 Å². The molecule has 3 N–H and O–H groups in total. The highest BCUT2D eigenvalue weighted by Crippen LogP contribution is 2.12. The summed E-state index contributed by atoms with van der Waals surface area (Å²) in [5, 5.41) is 7.25. The van der Waals surface area contributed by atoms with Gasteiger partial charge in [0.1, 0.15) is 0 Å². The minimum Gasteiger partial charge on any atom is -0.354 e. The SMILES string of the molecule is CCc1c(C)nn(CCNC(=O)Cc2c(C)[nH]c(=O)[nH]c2=O)c1C. The summed E-state index contributed by atoms with van der Waals surface area (Å²) in [5.74, 6) is -0.270. The third-order valence-corrected chi connectivity index (χ3v) is 4.12. The lowest BCUT2D eigenvalue weighted by molar-refractivity contribution is -0.120. The van der Waals surface area contributed by atoms with Crippen LogP contribution in [0.15, 0.2) is 9.59 Å². The molecule has 0 bridgehead atoms. The zero-order valence-corrected chi connectivity index (χ0v) is 14.4. The van der Waals surface area contributed by atoms with Crippen molar-refractivity contribution in [3.8, 4) is 0 Å². The maximum absolute atomic E-state index is 12.0. The molecule has 2 rings (SSSR count). The molecule has 2 heterocycles. The number of hydrogen-bond acceptors (Lipinski definition) is 4. The van der Waals surface area contributed by atoms with Crippen LogP contribution in [-0.2, 0) is 24.2 Å². The first-order valence-electron chi connectivity index (χ1n) is 7.95. The van der Waals surface area contributed by atoms with E-state index >= 15 is 0 Å².